The van der Waals surface area contributed by atoms with E-state index in [1.54, 1.807) is 93.2 Å². The number of ketones is 2. The standard InChI is InChI=1S/C76H112F5N11O13/c1-16-45(8)68(90(13)74(100)66(43(4)5)88-73(99)67(44(6)7)89(11)12)57(103-14)40-59(96)92-34-20-24-54(92)69(104-15)47(10)55(93)39-51(37-53-23-17-18-31-83-53)71(97)85-41-48-26-28-52(29-27-48)86-72(98)49(22-19-32-84-76(82)102)38-56(94)65(42(2)3)87-58(95)25-21-33-91-35-30-50(36-46(91)9)75(101)105-70-63(80)61(78)60(77)62(79)64(70)81/h17-18,23,26-29,31,42-47,49-51,54,57,65-69H,16,19-22,24-25,30,32-41H2,1-15H3,(H,85,97)(H,86,98)(H,87,95)(H,88,99)(H3,82,84,102)/t45-,46?,47-,49+,50?,51+,54-,57+,65-,66-,67-,68-,69+/m0/s1. The molecule has 29 heteroatoms. The number of pyridine rings is 1. The van der Waals surface area contributed by atoms with Crippen LogP contribution in [0.15, 0.2) is 48.7 Å². The van der Waals surface area contributed by atoms with Crippen molar-refractivity contribution in [2.45, 2.75) is 208 Å². The van der Waals surface area contributed by atoms with Gasteiger partial charge < -0.3 is 61.2 Å². The Labute approximate surface area is 614 Å². The number of ether oxygens (including phenoxy) is 3. The number of aromatic nitrogens is 1. The fourth-order valence-electron chi connectivity index (χ4n) is 14.4. The molecule has 3 heterocycles. The number of likely N-dealkylation sites (N-methyl/N-ethyl adjacent to an activating group) is 2. The highest BCUT2D eigenvalue weighted by Gasteiger charge is 2.44. The summed E-state index contributed by atoms with van der Waals surface area (Å²) in [5.41, 5.74) is 6.89. The summed E-state index contributed by atoms with van der Waals surface area (Å²) in [5, 5.41) is 14.2. The van der Waals surface area contributed by atoms with Gasteiger partial charge in [-0.05, 0) is 133 Å². The predicted octanol–water partition coefficient (Wildman–Crippen LogP) is 8.45. The number of hydrogen-bond donors (Lipinski definition) is 6. The van der Waals surface area contributed by atoms with E-state index in [4.69, 9.17) is 15.2 Å². The number of nitrogens with one attached hydrogen (secondary N) is 5. The second-order valence-corrected chi connectivity index (χ2v) is 29.4. The largest absolute Gasteiger partial charge is 0.420 e. The number of rotatable bonds is 41. The van der Waals surface area contributed by atoms with Crippen LogP contribution in [0.4, 0.5) is 32.4 Å². The number of primary amides is 1. The highest BCUT2D eigenvalue weighted by atomic mass is 19.2. The summed E-state index contributed by atoms with van der Waals surface area (Å²) < 4.78 is 86.5. The molecule has 105 heavy (non-hydrogen) atoms. The summed E-state index contributed by atoms with van der Waals surface area (Å²) in [4.78, 5) is 149. The second-order valence-electron chi connectivity index (χ2n) is 29.4. The van der Waals surface area contributed by atoms with Crippen LogP contribution in [-0.4, -0.2) is 194 Å². The molecule has 1 aromatic heterocycles. The highest BCUT2D eigenvalue weighted by Crippen LogP contribution is 2.34. The minimum Gasteiger partial charge on any atom is -0.420 e. The van der Waals surface area contributed by atoms with E-state index in [1.165, 1.54) is 14.2 Å². The molecular weight excluding hydrogens is 1370 g/mol. The molecule has 2 aliphatic heterocycles. The van der Waals surface area contributed by atoms with Crippen molar-refractivity contribution in [2.75, 3.05) is 66.9 Å². The lowest BCUT2D eigenvalue weighted by molar-refractivity contribution is -0.148. The molecule has 2 unspecified atom stereocenters. The Hall–Kier alpha value is -8.02. The van der Waals surface area contributed by atoms with Crippen molar-refractivity contribution in [3.8, 4) is 5.75 Å². The minimum atomic E-state index is -2.38. The van der Waals surface area contributed by atoms with Crippen LogP contribution >= 0.6 is 0 Å². The Balaban J connectivity index is 1.19. The number of anilines is 1. The van der Waals surface area contributed by atoms with Crippen molar-refractivity contribution in [1.29, 1.82) is 0 Å². The number of nitrogens with zero attached hydrogens (tertiary/aromatic N) is 5. The molecule has 2 aliphatic rings. The number of likely N-dealkylation sites (tertiary alicyclic amines) is 2. The molecule has 24 nitrogen and oxygen atoms in total. The van der Waals surface area contributed by atoms with Gasteiger partial charge in [0.2, 0.25) is 70.3 Å². The number of halogens is 5. The fraction of sp³-hybridized carbons (Fsp3) is 0.645. The molecule has 2 saturated heterocycles. The third-order valence-corrected chi connectivity index (χ3v) is 20.5. The van der Waals surface area contributed by atoms with Crippen molar-refractivity contribution >= 4 is 64.7 Å². The number of benzene rings is 2. The van der Waals surface area contributed by atoms with Crippen LogP contribution in [0.3, 0.4) is 0 Å². The molecule has 0 saturated carbocycles. The molecular formula is C76H112F5N11O13. The summed E-state index contributed by atoms with van der Waals surface area (Å²) in [7, 11) is 8.37. The van der Waals surface area contributed by atoms with E-state index in [9.17, 15) is 69.9 Å². The Morgan fingerprint density at radius 1 is 0.705 bits per heavy atom. The molecule has 2 aromatic carbocycles. The van der Waals surface area contributed by atoms with Gasteiger partial charge in [-0.1, -0.05) is 86.9 Å². The van der Waals surface area contributed by atoms with E-state index in [-0.39, 0.29) is 125 Å². The Morgan fingerprint density at radius 2 is 1.34 bits per heavy atom. The number of carbonyl (C=O) groups excluding carboxylic acids is 10. The fourth-order valence-corrected chi connectivity index (χ4v) is 14.4. The first kappa shape index (κ1) is 87.6. The van der Waals surface area contributed by atoms with Crippen LogP contribution < -0.4 is 37.1 Å². The summed E-state index contributed by atoms with van der Waals surface area (Å²) >= 11 is 0. The van der Waals surface area contributed by atoms with Gasteiger partial charge in [0.25, 0.3) is 0 Å². The number of Topliss-reactive ketones (excluding diaryl/α,β-unsaturated/α-hetero) is 2. The van der Waals surface area contributed by atoms with Crippen molar-refractivity contribution in [3.63, 3.8) is 0 Å². The molecule has 584 valence electrons. The quantitative estimate of drug-likeness (QED) is 0.00775. The van der Waals surface area contributed by atoms with Gasteiger partial charge in [-0.25, -0.2) is 18.0 Å². The number of hydrogen-bond acceptors (Lipinski definition) is 16. The number of urea groups is 1. The summed E-state index contributed by atoms with van der Waals surface area (Å²) in [6, 6.07) is 7.55. The van der Waals surface area contributed by atoms with Gasteiger partial charge in [0, 0.05) is 102 Å². The normalized spacial score (nSPS) is 18.4. The third kappa shape index (κ3) is 24.8. The average Bonchev–Trinajstić information content (AvgIpc) is 1.15. The zero-order valence-electron chi connectivity index (χ0n) is 63.6. The summed E-state index contributed by atoms with van der Waals surface area (Å²) in [6.45, 7) is 19.9. The van der Waals surface area contributed by atoms with Crippen LogP contribution in [-0.2, 0) is 65.6 Å². The summed E-state index contributed by atoms with van der Waals surface area (Å²) in [6.07, 6.45) is 2.58. The van der Waals surface area contributed by atoms with Gasteiger partial charge in [-0.3, -0.25) is 53.0 Å². The van der Waals surface area contributed by atoms with Crippen LogP contribution in [0.25, 0.3) is 0 Å². The van der Waals surface area contributed by atoms with Crippen molar-refractivity contribution < 1.29 is 84.1 Å². The van der Waals surface area contributed by atoms with Crippen molar-refractivity contribution in [2.24, 2.45) is 53.1 Å². The zero-order chi connectivity index (χ0) is 78.3. The van der Waals surface area contributed by atoms with Crippen LogP contribution in [0.2, 0.25) is 0 Å². The smallest absolute Gasteiger partial charge is 0.314 e. The lowest BCUT2D eigenvalue weighted by Crippen LogP contribution is -2.59. The maximum absolute atomic E-state index is 14.7. The van der Waals surface area contributed by atoms with Gasteiger partial charge in [0.1, 0.15) is 11.8 Å². The molecule has 8 amide bonds. The Kier molecular flexibility index (Phi) is 34.9. The second kappa shape index (κ2) is 41.8. The SMILES string of the molecule is CC[C@H](C)[C@@H]([C@@H](CC(=O)N1CCC[C@H]1[C@H](OC)[C@@H](C)C(=O)C[C@@H](Cc1ccccn1)C(=O)NCc1ccc(NC(=O)[C@H](CCCNC(N)=O)CC(=O)[C@@H](NC(=O)CCCN2CCC(C(=O)Oc3c(F)c(F)c(F)c(F)c3F)CC2C)C(C)C)cc1)OC)N(C)C(=O)[C@@H](NC(=O)[C@H](C(C)C)N(C)C)C(C)C. The maximum Gasteiger partial charge on any atom is 0.314 e. The molecule has 0 spiro atoms. The predicted molar refractivity (Wildman–Crippen MR) is 385 cm³/mol. The molecule has 5 rings (SSSR count). The van der Waals surface area contributed by atoms with E-state index < -0.39 is 142 Å². The topological polar surface area (TPSA) is 310 Å². The molecule has 0 aliphatic carbocycles. The number of esters is 1. The lowest BCUT2D eigenvalue weighted by Gasteiger charge is -2.41. The third-order valence-electron chi connectivity index (χ3n) is 20.5. The van der Waals surface area contributed by atoms with E-state index in [0.717, 1.165) is 0 Å². The lowest BCUT2D eigenvalue weighted by atomic mass is 9.85. The van der Waals surface area contributed by atoms with E-state index >= 15 is 0 Å². The molecule has 0 radical (unpaired) electrons. The monoisotopic (exact) mass is 1480 g/mol. The number of piperidine rings is 1. The molecule has 13 atom stereocenters. The maximum atomic E-state index is 14.7. The van der Waals surface area contributed by atoms with Gasteiger partial charge in [-0.2, -0.15) is 8.78 Å². The van der Waals surface area contributed by atoms with Crippen molar-refractivity contribution in [1.82, 2.24) is 45.9 Å². The number of carbonyl (C=O) groups is 10. The minimum absolute atomic E-state index is 0.00811. The number of methoxy groups -OCH3 is 2. The first-order chi connectivity index (χ1) is 49.6. The van der Waals surface area contributed by atoms with Gasteiger partial charge in [-0.15, -0.1) is 0 Å². The van der Waals surface area contributed by atoms with Gasteiger partial charge in [0.05, 0.1) is 54.6 Å². The number of amides is 8. The van der Waals surface area contributed by atoms with E-state index in [1.807, 2.05) is 65.4 Å². The molecule has 7 N–H and O–H groups in total. The number of nitrogens with two attached hydrogens (primary N) is 1. The van der Waals surface area contributed by atoms with Crippen LogP contribution in [0.5, 0.6) is 5.75 Å². The Bertz CT molecular complexity index is 3390. The van der Waals surface area contributed by atoms with Gasteiger partial charge in [0.15, 0.2) is 5.78 Å². The van der Waals surface area contributed by atoms with Crippen LogP contribution in [0.1, 0.15) is 158 Å². The van der Waals surface area contributed by atoms with Crippen LogP contribution in [0, 0.1) is 76.4 Å². The molecule has 3 aromatic rings. The zero-order valence-corrected chi connectivity index (χ0v) is 63.6. The van der Waals surface area contributed by atoms with Gasteiger partial charge >= 0.3 is 12.0 Å². The first-order valence-electron chi connectivity index (χ1n) is 36.6. The van der Waals surface area contributed by atoms with Crippen molar-refractivity contribution in [3.05, 3.63) is 89.0 Å². The Morgan fingerprint density at radius 3 is 1.90 bits per heavy atom. The first-order valence-corrected chi connectivity index (χ1v) is 36.6. The van der Waals surface area contributed by atoms with E-state index in [0.29, 0.717) is 55.7 Å². The summed E-state index contributed by atoms with van der Waals surface area (Å²) in [5.74, 6) is -21.3. The molecule has 0 bridgehead atoms. The van der Waals surface area contributed by atoms with E-state index in [2.05, 4.69) is 36.3 Å². The highest BCUT2D eigenvalue weighted by molar-refractivity contribution is 5.97. The molecule has 2 fully saturated rings. The average molecular weight is 1480 g/mol.